The van der Waals surface area contributed by atoms with Crippen molar-refractivity contribution in [3.63, 3.8) is 0 Å². The van der Waals surface area contributed by atoms with Gasteiger partial charge in [-0.1, -0.05) is 36.4 Å². The first kappa shape index (κ1) is 16.6. The normalized spacial score (nSPS) is 11.6. The number of rotatable bonds is 6. The molecule has 0 fully saturated rings. The Morgan fingerprint density at radius 3 is 2.40 bits per heavy atom. The SMILES string of the molecule is CC(NC(=O)c1cnc(NCc2ccccn2)nc1)c1ccccc1. The fraction of sp³-hybridized carbons (Fsp3) is 0.158. The highest BCUT2D eigenvalue weighted by molar-refractivity contribution is 5.93. The third kappa shape index (κ3) is 4.60. The van der Waals surface area contributed by atoms with E-state index in [1.54, 1.807) is 6.20 Å². The Bertz CT molecular complexity index is 806. The maximum atomic E-state index is 12.3. The molecule has 0 aliphatic rings. The first-order valence-electron chi connectivity index (χ1n) is 8.04. The molecule has 0 aliphatic heterocycles. The average Bonchev–Trinajstić information content (AvgIpc) is 2.68. The molecule has 3 aromatic rings. The van der Waals surface area contributed by atoms with Crippen molar-refractivity contribution < 1.29 is 4.79 Å². The molecule has 6 heteroatoms. The van der Waals surface area contributed by atoms with Crippen LogP contribution >= 0.6 is 0 Å². The van der Waals surface area contributed by atoms with Crippen LogP contribution in [-0.4, -0.2) is 20.9 Å². The molecule has 2 N–H and O–H groups in total. The minimum atomic E-state index is -0.201. The van der Waals surface area contributed by atoms with Crippen LogP contribution in [0.2, 0.25) is 0 Å². The van der Waals surface area contributed by atoms with Crippen molar-refractivity contribution in [3.05, 3.63) is 83.9 Å². The molecule has 3 rings (SSSR count). The van der Waals surface area contributed by atoms with E-state index in [9.17, 15) is 4.79 Å². The predicted octanol–water partition coefficient (Wildman–Crippen LogP) is 2.97. The van der Waals surface area contributed by atoms with E-state index in [4.69, 9.17) is 0 Å². The Kier molecular flexibility index (Phi) is 5.31. The van der Waals surface area contributed by atoms with E-state index in [-0.39, 0.29) is 11.9 Å². The molecular weight excluding hydrogens is 314 g/mol. The van der Waals surface area contributed by atoms with Crippen molar-refractivity contribution in [1.82, 2.24) is 20.3 Å². The summed E-state index contributed by atoms with van der Waals surface area (Å²) in [5.74, 6) is 0.256. The molecule has 0 bridgehead atoms. The maximum Gasteiger partial charge on any atom is 0.254 e. The van der Waals surface area contributed by atoms with Crippen molar-refractivity contribution in [3.8, 4) is 0 Å². The van der Waals surface area contributed by atoms with Gasteiger partial charge in [-0.25, -0.2) is 9.97 Å². The van der Waals surface area contributed by atoms with E-state index in [2.05, 4.69) is 25.6 Å². The van der Waals surface area contributed by atoms with Crippen LogP contribution in [0.25, 0.3) is 0 Å². The molecule has 126 valence electrons. The number of hydrogen-bond acceptors (Lipinski definition) is 5. The fourth-order valence-corrected chi connectivity index (χ4v) is 2.31. The number of nitrogens with one attached hydrogen (secondary N) is 2. The van der Waals surface area contributed by atoms with Gasteiger partial charge in [0.2, 0.25) is 5.95 Å². The molecule has 0 spiro atoms. The molecule has 0 saturated heterocycles. The van der Waals surface area contributed by atoms with Crippen LogP contribution in [0.3, 0.4) is 0 Å². The molecule has 1 unspecified atom stereocenters. The van der Waals surface area contributed by atoms with Gasteiger partial charge in [-0.2, -0.15) is 0 Å². The van der Waals surface area contributed by atoms with Gasteiger partial charge in [-0.3, -0.25) is 9.78 Å². The van der Waals surface area contributed by atoms with Crippen LogP contribution < -0.4 is 10.6 Å². The van der Waals surface area contributed by atoms with E-state index in [0.717, 1.165) is 11.3 Å². The standard InChI is InChI=1S/C19H19N5O/c1-14(15-7-3-2-4-8-15)24-18(25)16-11-21-19(22-12-16)23-13-17-9-5-6-10-20-17/h2-12,14H,13H2,1H3,(H,24,25)(H,21,22,23). The summed E-state index contributed by atoms with van der Waals surface area (Å²) in [6.45, 7) is 2.47. The van der Waals surface area contributed by atoms with E-state index in [1.807, 2.05) is 55.5 Å². The molecule has 0 aliphatic carbocycles. The van der Waals surface area contributed by atoms with Gasteiger partial charge in [0.1, 0.15) is 0 Å². The van der Waals surface area contributed by atoms with Crippen molar-refractivity contribution in [1.29, 1.82) is 0 Å². The summed E-state index contributed by atoms with van der Waals surface area (Å²) < 4.78 is 0. The van der Waals surface area contributed by atoms with Crippen LogP contribution in [0.1, 0.15) is 34.6 Å². The third-order valence-corrected chi connectivity index (χ3v) is 3.71. The smallest absolute Gasteiger partial charge is 0.254 e. The molecule has 2 aromatic heterocycles. The molecule has 25 heavy (non-hydrogen) atoms. The zero-order chi connectivity index (χ0) is 17.5. The molecule has 0 radical (unpaired) electrons. The first-order valence-corrected chi connectivity index (χ1v) is 8.04. The highest BCUT2D eigenvalue weighted by atomic mass is 16.1. The lowest BCUT2D eigenvalue weighted by Gasteiger charge is -2.14. The van der Waals surface area contributed by atoms with Gasteiger partial charge < -0.3 is 10.6 Å². The minimum absolute atomic E-state index is 0.0874. The second kappa shape index (κ2) is 8.01. The number of anilines is 1. The van der Waals surface area contributed by atoms with Crippen molar-refractivity contribution >= 4 is 11.9 Å². The Morgan fingerprint density at radius 1 is 1.00 bits per heavy atom. The number of carbonyl (C=O) groups excluding carboxylic acids is 1. The minimum Gasteiger partial charge on any atom is -0.349 e. The quantitative estimate of drug-likeness (QED) is 0.725. The molecular formula is C19H19N5O. The van der Waals surface area contributed by atoms with Crippen molar-refractivity contribution in [2.24, 2.45) is 0 Å². The maximum absolute atomic E-state index is 12.3. The number of pyridine rings is 1. The third-order valence-electron chi connectivity index (χ3n) is 3.71. The lowest BCUT2D eigenvalue weighted by molar-refractivity contribution is 0.0939. The van der Waals surface area contributed by atoms with Crippen LogP contribution in [0, 0.1) is 0 Å². The van der Waals surface area contributed by atoms with Crippen molar-refractivity contribution in [2.45, 2.75) is 19.5 Å². The summed E-state index contributed by atoms with van der Waals surface area (Å²) in [6, 6.07) is 15.4. The largest absolute Gasteiger partial charge is 0.349 e. The lowest BCUT2D eigenvalue weighted by Crippen LogP contribution is -2.26. The Labute approximate surface area is 146 Å². The number of nitrogens with zero attached hydrogens (tertiary/aromatic N) is 3. The zero-order valence-corrected chi connectivity index (χ0v) is 13.9. The first-order chi connectivity index (χ1) is 12.2. The summed E-state index contributed by atoms with van der Waals surface area (Å²) in [7, 11) is 0. The van der Waals surface area contributed by atoms with Crippen LogP contribution in [-0.2, 0) is 6.54 Å². The Hall–Kier alpha value is -3.28. The summed E-state index contributed by atoms with van der Waals surface area (Å²) in [4.78, 5) is 24.9. The highest BCUT2D eigenvalue weighted by Crippen LogP contribution is 2.12. The van der Waals surface area contributed by atoms with Crippen molar-refractivity contribution in [2.75, 3.05) is 5.32 Å². The predicted molar refractivity (Wildman–Crippen MR) is 95.9 cm³/mol. The highest BCUT2D eigenvalue weighted by Gasteiger charge is 2.12. The Morgan fingerprint density at radius 2 is 1.72 bits per heavy atom. The monoisotopic (exact) mass is 333 g/mol. The second-order valence-electron chi connectivity index (χ2n) is 5.58. The summed E-state index contributed by atoms with van der Waals surface area (Å²) in [5.41, 5.74) is 2.36. The number of aromatic nitrogens is 3. The molecule has 6 nitrogen and oxygen atoms in total. The summed E-state index contributed by atoms with van der Waals surface area (Å²) >= 11 is 0. The number of carbonyl (C=O) groups is 1. The fourth-order valence-electron chi connectivity index (χ4n) is 2.31. The lowest BCUT2D eigenvalue weighted by atomic mass is 10.1. The van der Waals surface area contributed by atoms with Gasteiger partial charge >= 0.3 is 0 Å². The number of amides is 1. The van der Waals surface area contributed by atoms with Gasteiger partial charge in [-0.15, -0.1) is 0 Å². The summed E-state index contributed by atoms with van der Waals surface area (Å²) in [6.07, 6.45) is 4.76. The van der Waals surface area contributed by atoms with Crippen LogP contribution in [0.4, 0.5) is 5.95 Å². The molecule has 2 heterocycles. The van der Waals surface area contributed by atoms with Gasteiger partial charge in [0.25, 0.3) is 5.91 Å². The van der Waals surface area contributed by atoms with Gasteiger partial charge in [0.15, 0.2) is 0 Å². The number of benzene rings is 1. The second-order valence-corrected chi connectivity index (χ2v) is 5.58. The molecule has 1 atom stereocenters. The summed E-state index contributed by atoms with van der Waals surface area (Å²) in [5, 5.41) is 6.02. The van der Waals surface area contributed by atoms with E-state index >= 15 is 0 Å². The van der Waals surface area contributed by atoms with E-state index in [1.165, 1.54) is 12.4 Å². The van der Waals surface area contributed by atoms with Gasteiger partial charge in [-0.05, 0) is 24.6 Å². The topological polar surface area (TPSA) is 79.8 Å². The molecule has 1 amide bonds. The number of hydrogen-bond donors (Lipinski definition) is 2. The van der Waals surface area contributed by atoms with Crippen LogP contribution in [0.15, 0.2) is 67.1 Å². The zero-order valence-electron chi connectivity index (χ0n) is 13.9. The average molecular weight is 333 g/mol. The molecule has 0 saturated carbocycles. The Balaban J connectivity index is 1.57. The van der Waals surface area contributed by atoms with Crippen LogP contribution in [0.5, 0.6) is 0 Å². The van der Waals surface area contributed by atoms with E-state index < -0.39 is 0 Å². The van der Waals surface area contributed by atoms with E-state index in [0.29, 0.717) is 18.1 Å². The van der Waals surface area contributed by atoms with Gasteiger partial charge in [0, 0.05) is 18.6 Å². The molecule has 1 aromatic carbocycles. The van der Waals surface area contributed by atoms with Gasteiger partial charge in [0.05, 0.1) is 23.8 Å².